The monoisotopic (exact) mass is 159 g/mol. The van der Waals surface area contributed by atoms with Gasteiger partial charge in [0.1, 0.15) is 0 Å². The Bertz CT molecular complexity index is 145. The van der Waals surface area contributed by atoms with Crippen molar-refractivity contribution in [3.63, 3.8) is 0 Å². The zero-order valence-electron chi connectivity index (χ0n) is 6.44. The number of carbonyl (C=O) groups is 1. The lowest BCUT2D eigenvalue weighted by Crippen LogP contribution is -2.26. The molecule has 1 saturated heterocycles. The molecule has 3 heteroatoms. The van der Waals surface area contributed by atoms with Gasteiger partial charge in [0, 0.05) is 23.5 Å². The van der Waals surface area contributed by atoms with Crippen LogP contribution in [0.4, 0.5) is 0 Å². The van der Waals surface area contributed by atoms with Crippen LogP contribution >= 0.6 is 11.8 Å². The van der Waals surface area contributed by atoms with E-state index < -0.39 is 0 Å². The Morgan fingerprint density at radius 2 is 2.30 bits per heavy atom. The molecule has 10 heavy (non-hydrogen) atoms. The molecular weight excluding hydrogens is 146 g/mol. The van der Waals surface area contributed by atoms with Crippen molar-refractivity contribution < 1.29 is 4.79 Å². The summed E-state index contributed by atoms with van der Waals surface area (Å²) in [4.78, 5) is 11.0. The molecule has 1 aliphatic rings. The Labute approximate surface area is 65.8 Å². The molecule has 1 fully saturated rings. The first-order valence-electron chi connectivity index (χ1n) is 3.51. The smallest absolute Gasteiger partial charge is 0.221 e. The first-order chi connectivity index (χ1) is 4.60. The highest BCUT2D eigenvalue weighted by Crippen LogP contribution is 2.28. The van der Waals surface area contributed by atoms with E-state index in [0.717, 1.165) is 12.3 Å². The third-order valence-corrected chi connectivity index (χ3v) is 2.84. The fourth-order valence-electron chi connectivity index (χ4n) is 1.02. The standard InChI is InChI=1S/C7H13NOS/c1-7(2)5-6(9)8-3-4-10-7/h3-5H2,1-2H3,(H,8,9). The highest BCUT2D eigenvalue weighted by Gasteiger charge is 2.24. The summed E-state index contributed by atoms with van der Waals surface area (Å²) in [6, 6.07) is 0. The van der Waals surface area contributed by atoms with E-state index in [2.05, 4.69) is 19.2 Å². The summed E-state index contributed by atoms with van der Waals surface area (Å²) in [7, 11) is 0. The molecule has 0 saturated carbocycles. The predicted octanol–water partition coefficient (Wildman–Crippen LogP) is 1.02. The third kappa shape index (κ3) is 2.21. The van der Waals surface area contributed by atoms with Gasteiger partial charge in [0.25, 0.3) is 0 Å². The number of hydrogen-bond acceptors (Lipinski definition) is 2. The number of hydrogen-bond donors (Lipinski definition) is 1. The molecule has 1 heterocycles. The van der Waals surface area contributed by atoms with E-state index in [1.54, 1.807) is 0 Å². The van der Waals surface area contributed by atoms with Gasteiger partial charge in [-0.05, 0) is 0 Å². The van der Waals surface area contributed by atoms with Gasteiger partial charge in [-0.1, -0.05) is 13.8 Å². The Kier molecular flexibility index (Phi) is 2.24. The topological polar surface area (TPSA) is 29.1 Å². The first kappa shape index (κ1) is 7.92. The maximum atomic E-state index is 11.0. The molecule has 0 unspecified atom stereocenters. The fourth-order valence-corrected chi connectivity index (χ4v) is 2.01. The first-order valence-corrected chi connectivity index (χ1v) is 4.49. The quantitative estimate of drug-likeness (QED) is 0.571. The third-order valence-electron chi connectivity index (χ3n) is 1.50. The lowest BCUT2D eigenvalue weighted by molar-refractivity contribution is -0.121. The van der Waals surface area contributed by atoms with E-state index >= 15 is 0 Å². The summed E-state index contributed by atoms with van der Waals surface area (Å²) in [6.07, 6.45) is 0.650. The van der Waals surface area contributed by atoms with Crippen molar-refractivity contribution in [1.29, 1.82) is 0 Å². The lowest BCUT2D eigenvalue weighted by Gasteiger charge is -2.18. The molecule has 1 N–H and O–H groups in total. The van der Waals surface area contributed by atoms with Crippen LogP contribution in [-0.4, -0.2) is 23.0 Å². The zero-order valence-corrected chi connectivity index (χ0v) is 7.25. The van der Waals surface area contributed by atoms with Crippen LogP contribution in [0.5, 0.6) is 0 Å². The number of carbonyl (C=O) groups excluding carboxylic acids is 1. The maximum absolute atomic E-state index is 11.0. The molecule has 0 spiro atoms. The molecule has 0 aliphatic carbocycles. The molecule has 58 valence electrons. The fraction of sp³-hybridized carbons (Fsp3) is 0.857. The van der Waals surface area contributed by atoms with E-state index in [1.807, 2.05) is 11.8 Å². The van der Waals surface area contributed by atoms with Gasteiger partial charge in [0.2, 0.25) is 5.91 Å². The van der Waals surface area contributed by atoms with E-state index in [1.165, 1.54) is 0 Å². The highest BCUT2D eigenvalue weighted by atomic mass is 32.2. The lowest BCUT2D eigenvalue weighted by atomic mass is 10.1. The molecule has 0 aromatic carbocycles. The Morgan fingerprint density at radius 1 is 1.60 bits per heavy atom. The summed E-state index contributed by atoms with van der Waals surface area (Å²) in [5.41, 5.74) is 0. The summed E-state index contributed by atoms with van der Waals surface area (Å²) in [5.74, 6) is 1.23. The van der Waals surface area contributed by atoms with Crippen molar-refractivity contribution in [1.82, 2.24) is 5.32 Å². The van der Waals surface area contributed by atoms with E-state index in [4.69, 9.17) is 0 Å². The average molecular weight is 159 g/mol. The van der Waals surface area contributed by atoms with Crippen molar-refractivity contribution in [2.75, 3.05) is 12.3 Å². The summed E-state index contributed by atoms with van der Waals surface area (Å²) in [5, 5.41) is 2.84. The minimum atomic E-state index is 0.139. The molecule has 1 amide bonds. The van der Waals surface area contributed by atoms with E-state index in [9.17, 15) is 4.79 Å². The molecule has 0 bridgehead atoms. The van der Waals surface area contributed by atoms with Crippen LogP contribution in [0.2, 0.25) is 0 Å². The van der Waals surface area contributed by atoms with Crippen molar-refractivity contribution in [2.24, 2.45) is 0 Å². The van der Waals surface area contributed by atoms with Crippen LogP contribution < -0.4 is 5.32 Å². The Morgan fingerprint density at radius 3 is 3.00 bits per heavy atom. The van der Waals surface area contributed by atoms with Gasteiger partial charge in [-0.3, -0.25) is 4.79 Å². The van der Waals surface area contributed by atoms with Crippen LogP contribution in [0, 0.1) is 0 Å². The van der Waals surface area contributed by atoms with Crippen molar-refractivity contribution >= 4 is 17.7 Å². The maximum Gasteiger partial charge on any atom is 0.221 e. The number of thioether (sulfide) groups is 1. The van der Waals surface area contributed by atoms with Crippen LogP contribution in [0.25, 0.3) is 0 Å². The van der Waals surface area contributed by atoms with E-state index in [-0.39, 0.29) is 10.7 Å². The molecule has 1 rings (SSSR count). The zero-order chi connectivity index (χ0) is 7.61. The SMILES string of the molecule is CC1(C)CC(=O)NCCS1. The van der Waals surface area contributed by atoms with Crippen LogP contribution in [-0.2, 0) is 4.79 Å². The Hall–Kier alpha value is -0.180. The predicted molar refractivity (Wildman–Crippen MR) is 44.2 cm³/mol. The van der Waals surface area contributed by atoms with Gasteiger partial charge in [0.15, 0.2) is 0 Å². The largest absolute Gasteiger partial charge is 0.355 e. The summed E-state index contributed by atoms with van der Waals surface area (Å²) >= 11 is 1.86. The average Bonchev–Trinajstić information content (AvgIpc) is 1.90. The summed E-state index contributed by atoms with van der Waals surface area (Å²) < 4.78 is 0.139. The van der Waals surface area contributed by atoms with Gasteiger partial charge in [-0.15, -0.1) is 0 Å². The molecular formula is C7H13NOS. The van der Waals surface area contributed by atoms with Gasteiger partial charge in [0.05, 0.1) is 0 Å². The van der Waals surface area contributed by atoms with Gasteiger partial charge < -0.3 is 5.32 Å². The highest BCUT2D eigenvalue weighted by molar-refractivity contribution is 8.00. The molecule has 0 aromatic rings. The second-order valence-electron chi connectivity index (χ2n) is 3.13. The number of nitrogens with one attached hydrogen (secondary N) is 1. The van der Waals surface area contributed by atoms with Crippen LogP contribution in [0.15, 0.2) is 0 Å². The van der Waals surface area contributed by atoms with Gasteiger partial charge in [-0.2, -0.15) is 11.8 Å². The molecule has 0 aromatic heterocycles. The molecule has 0 radical (unpaired) electrons. The van der Waals surface area contributed by atoms with Crippen LogP contribution in [0.3, 0.4) is 0 Å². The van der Waals surface area contributed by atoms with Crippen molar-refractivity contribution in [2.45, 2.75) is 25.0 Å². The summed E-state index contributed by atoms with van der Waals surface area (Å²) in [6.45, 7) is 5.05. The minimum absolute atomic E-state index is 0.139. The van der Waals surface area contributed by atoms with Gasteiger partial charge in [-0.25, -0.2) is 0 Å². The number of rotatable bonds is 0. The van der Waals surface area contributed by atoms with E-state index in [0.29, 0.717) is 6.42 Å². The molecule has 1 aliphatic heterocycles. The van der Waals surface area contributed by atoms with Crippen molar-refractivity contribution in [3.8, 4) is 0 Å². The Balaban J connectivity index is 2.54. The van der Waals surface area contributed by atoms with Gasteiger partial charge >= 0.3 is 0 Å². The second kappa shape index (κ2) is 2.82. The number of amides is 1. The molecule has 0 atom stereocenters. The normalized spacial score (nSPS) is 25.2. The second-order valence-corrected chi connectivity index (χ2v) is 4.94. The van der Waals surface area contributed by atoms with Crippen LogP contribution in [0.1, 0.15) is 20.3 Å². The van der Waals surface area contributed by atoms with Crippen molar-refractivity contribution in [3.05, 3.63) is 0 Å². The minimum Gasteiger partial charge on any atom is -0.355 e. The molecule has 2 nitrogen and oxygen atoms in total.